The normalized spacial score (nSPS) is 27.9. The van der Waals surface area contributed by atoms with Crippen molar-refractivity contribution in [3.05, 3.63) is 0 Å². The third kappa shape index (κ3) is 4.18. The predicted octanol–water partition coefficient (Wildman–Crippen LogP) is -0.521. The van der Waals surface area contributed by atoms with Crippen molar-refractivity contribution in [1.29, 1.82) is 0 Å². The summed E-state index contributed by atoms with van der Waals surface area (Å²) >= 11 is 0. The van der Waals surface area contributed by atoms with Crippen LogP contribution >= 0.6 is 0 Å². The van der Waals surface area contributed by atoms with Gasteiger partial charge in [0.25, 0.3) is 0 Å². The number of ether oxygens (including phenoxy) is 1. The lowest BCUT2D eigenvalue weighted by Crippen LogP contribution is -2.47. The zero-order chi connectivity index (χ0) is 13.7. The molecule has 1 saturated carbocycles. The highest BCUT2D eigenvalue weighted by molar-refractivity contribution is 5.85. The van der Waals surface area contributed by atoms with Crippen LogP contribution < -0.4 is 11.1 Å². The summed E-state index contributed by atoms with van der Waals surface area (Å²) in [7, 11) is 0. The first kappa shape index (κ1) is 14.3. The maximum atomic E-state index is 12.0. The average Bonchev–Trinajstić information content (AvgIpc) is 2.45. The number of carbonyl (C=O) groups excluding carboxylic acids is 2. The summed E-state index contributed by atoms with van der Waals surface area (Å²) in [6.07, 6.45) is 3.61. The van der Waals surface area contributed by atoms with E-state index in [-0.39, 0.29) is 30.3 Å². The molecule has 6 heteroatoms. The van der Waals surface area contributed by atoms with Gasteiger partial charge in [0.1, 0.15) is 0 Å². The van der Waals surface area contributed by atoms with Gasteiger partial charge >= 0.3 is 0 Å². The first-order valence-corrected chi connectivity index (χ1v) is 7.05. The number of hydrogen-bond acceptors (Lipinski definition) is 4. The molecule has 2 atom stereocenters. The highest BCUT2D eigenvalue weighted by atomic mass is 16.5. The molecular weight excluding hydrogens is 246 g/mol. The number of nitrogens with one attached hydrogen (secondary N) is 1. The number of rotatable bonds is 3. The van der Waals surface area contributed by atoms with Gasteiger partial charge in [-0.25, -0.2) is 0 Å². The van der Waals surface area contributed by atoms with Crippen molar-refractivity contribution in [3.63, 3.8) is 0 Å². The molecule has 0 aromatic rings. The molecule has 1 heterocycles. The standard InChI is InChI=1S/C13H23N3O3/c14-11-3-1-2-10(8-11)13(18)15-9-12(17)16-4-6-19-7-5-16/h10-11H,1-9,14H2,(H,15,18). The monoisotopic (exact) mass is 269 g/mol. The second-order valence-corrected chi connectivity index (χ2v) is 5.33. The molecule has 1 aliphatic carbocycles. The topological polar surface area (TPSA) is 84.7 Å². The summed E-state index contributed by atoms with van der Waals surface area (Å²) in [5.41, 5.74) is 5.87. The third-order valence-electron chi connectivity index (χ3n) is 3.86. The van der Waals surface area contributed by atoms with Gasteiger partial charge in [-0.3, -0.25) is 9.59 Å². The van der Waals surface area contributed by atoms with E-state index in [0.717, 1.165) is 25.7 Å². The number of nitrogens with two attached hydrogens (primary N) is 1. The molecule has 2 amide bonds. The Kier molecular flexibility index (Phi) is 5.15. The molecule has 19 heavy (non-hydrogen) atoms. The molecule has 1 saturated heterocycles. The Morgan fingerprint density at radius 2 is 2.00 bits per heavy atom. The van der Waals surface area contributed by atoms with Crippen LogP contribution in [0.15, 0.2) is 0 Å². The van der Waals surface area contributed by atoms with Crippen LogP contribution in [-0.4, -0.2) is 55.6 Å². The minimum atomic E-state index is -0.0308. The summed E-state index contributed by atoms with van der Waals surface area (Å²) in [4.78, 5) is 25.6. The highest BCUT2D eigenvalue weighted by Crippen LogP contribution is 2.22. The molecule has 1 aliphatic heterocycles. The van der Waals surface area contributed by atoms with Crippen LogP contribution in [0.3, 0.4) is 0 Å². The molecule has 2 aliphatic rings. The Balaban J connectivity index is 1.71. The Bertz CT molecular complexity index is 329. The molecule has 2 fully saturated rings. The van der Waals surface area contributed by atoms with Gasteiger partial charge in [-0.2, -0.15) is 0 Å². The first-order valence-electron chi connectivity index (χ1n) is 7.05. The molecule has 0 aromatic carbocycles. The second-order valence-electron chi connectivity index (χ2n) is 5.33. The zero-order valence-corrected chi connectivity index (χ0v) is 11.3. The highest BCUT2D eigenvalue weighted by Gasteiger charge is 2.26. The SMILES string of the molecule is NC1CCCC(C(=O)NCC(=O)N2CCOCC2)C1. The predicted molar refractivity (Wildman–Crippen MR) is 70.3 cm³/mol. The van der Waals surface area contributed by atoms with E-state index in [1.54, 1.807) is 4.90 Å². The van der Waals surface area contributed by atoms with Gasteiger partial charge in [0, 0.05) is 25.0 Å². The number of morpholine rings is 1. The van der Waals surface area contributed by atoms with Gasteiger partial charge in [-0.1, -0.05) is 6.42 Å². The summed E-state index contributed by atoms with van der Waals surface area (Å²) in [6.45, 7) is 2.48. The maximum Gasteiger partial charge on any atom is 0.242 e. The lowest BCUT2D eigenvalue weighted by Gasteiger charge is -2.28. The third-order valence-corrected chi connectivity index (χ3v) is 3.86. The van der Waals surface area contributed by atoms with E-state index in [1.165, 1.54) is 0 Å². The molecule has 2 rings (SSSR count). The van der Waals surface area contributed by atoms with Crippen LogP contribution in [0.25, 0.3) is 0 Å². The van der Waals surface area contributed by atoms with Crippen molar-refractivity contribution >= 4 is 11.8 Å². The van der Waals surface area contributed by atoms with Crippen LogP contribution in [0.2, 0.25) is 0 Å². The lowest BCUT2D eigenvalue weighted by molar-refractivity contribution is -0.137. The van der Waals surface area contributed by atoms with E-state index in [4.69, 9.17) is 10.5 Å². The van der Waals surface area contributed by atoms with E-state index >= 15 is 0 Å². The fourth-order valence-corrected chi connectivity index (χ4v) is 2.70. The lowest BCUT2D eigenvalue weighted by atomic mass is 9.85. The van der Waals surface area contributed by atoms with Crippen LogP contribution in [0, 0.1) is 5.92 Å². The molecule has 3 N–H and O–H groups in total. The van der Waals surface area contributed by atoms with Crippen LogP contribution in [0.5, 0.6) is 0 Å². The molecular formula is C13H23N3O3. The van der Waals surface area contributed by atoms with E-state index in [2.05, 4.69) is 5.32 Å². The van der Waals surface area contributed by atoms with Gasteiger partial charge in [-0.15, -0.1) is 0 Å². The zero-order valence-electron chi connectivity index (χ0n) is 11.3. The molecule has 6 nitrogen and oxygen atoms in total. The maximum absolute atomic E-state index is 12.0. The van der Waals surface area contributed by atoms with Gasteiger partial charge in [0.15, 0.2) is 0 Å². The number of hydrogen-bond donors (Lipinski definition) is 2. The number of nitrogens with zero attached hydrogens (tertiary/aromatic N) is 1. The Morgan fingerprint density at radius 3 is 2.68 bits per heavy atom. The summed E-state index contributed by atoms with van der Waals surface area (Å²) < 4.78 is 5.19. The summed E-state index contributed by atoms with van der Waals surface area (Å²) in [6, 6.07) is 0.124. The summed E-state index contributed by atoms with van der Waals surface area (Å²) in [5.74, 6) is -0.0882. The van der Waals surface area contributed by atoms with E-state index in [1.807, 2.05) is 0 Å². The number of amides is 2. The van der Waals surface area contributed by atoms with E-state index in [9.17, 15) is 9.59 Å². The second kappa shape index (κ2) is 6.86. The number of carbonyl (C=O) groups is 2. The fraction of sp³-hybridized carbons (Fsp3) is 0.846. The van der Waals surface area contributed by atoms with Crippen LogP contribution in [0.1, 0.15) is 25.7 Å². The minimum absolute atomic E-state index is 0.0266. The minimum Gasteiger partial charge on any atom is -0.378 e. The van der Waals surface area contributed by atoms with E-state index < -0.39 is 0 Å². The molecule has 0 radical (unpaired) electrons. The van der Waals surface area contributed by atoms with Gasteiger partial charge in [-0.05, 0) is 19.3 Å². The first-order chi connectivity index (χ1) is 9.16. The largest absolute Gasteiger partial charge is 0.378 e. The Hall–Kier alpha value is -1.14. The summed E-state index contributed by atoms with van der Waals surface area (Å²) in [5, 5.41) is 2.74. The van der Waals surface area contributed by atoms with Crippen molar-refractivity contribution in [1.82, 2.24) is 10.2 Å². The molecule has 0 aromatic heterocycles. The quantitative estimate of drug-likeness (QED) is 0.722. The van der Waals surface area contributed by atoms with Gasteiger partial charge in [0.2, 0.25) is 11.8 Å². The molecule has 0 spiro atoms. The van der Waals surface area contributed by atoms with Crippen molar-refractivity contribution in [2.24, 2.45) is 11.7 Å². The Labute approximate surface area is 113 Å². The van der Waals surface area contributed by atoms with Crippen molar-refractivity contribution in [2.45, 2.75) is 31.7 Å². The van der Waals surface area contributed by atoms with E-state index in [0.29, 0.717) is 26.3 Å². The van der Waals surface area contributed by atoms with Crippen molar-refractivity contribution in [2.75, 3.05) is 32.8 Å². The average molecular weight is 269 g/mol. The van der Waals surface area contributed by atoms with Gasteiger partial charge in [0.05, 0.1) is 19.8 Å². The molecule has 0 bridgehead atoms. The van der Waals surface area contributed by atoms with Gasteiger partial charge < -0.3 is 20.7 Å². The molecule has 108 valence electrons. The smallest absolute Gasteiger partial charge is 0.242 e. The van der Waals surface area contributed by atoms with Crippen LogP contribution in [0.4, 0.5) is 0 Å². The molecule has 2 unspecified atom stereocenters. The van der Waals surface area contributed by atoms with Crippen molar-refractivity contribution < 1.29 is 14.3 Å². The Morgan fingerprint density at radius 1 is 1.26 bits per heavy atom. The van der Waals surface area contributed by atoms with Crippen LogP contribution in [-0.2, 0) is 14.3 Å². The van der Waals surface area contributed by atoms with Crippen molar-refractivity contribution in [3.8, 4) is 0 Å². The fourth-order valence-electron chi connectivity index (χ4n) is 2.70.